The maximum atomic E-state index is 6.60. The largest absolute Gasteiger partial charge is 0.455 e. The molecular weight excluding hydrogens is 599 g/mol. The van der Waals surface area contributed by atoms with E-state index in [4.69, 9.17) is 19.4 Å². The fourth-order valence-electron chi connectivity index (χ4n) is 7.06. The molecule has 228 valence electrons. The van der Waals surface area contributed by atoms with E-state index < -0.39 is 0 Å². The topological polar surface area (TPSA) is 51.8 Å². The van der Waals surface area contributed by atoms with Gasteiger partial charge in [-0.1, -0.05) is 121 Å². The first-order valence-corrected chi connectivity index (χ1v) is 16.4. The van der Waals surface area contributed by atoms with E-state index in [0.29, 0.717) is 5.82 Å². The van der Waals surface area contributed by atoms with Crippen molar-refractivity contribution in [3.63, 3.8) is 0 Å². The minimum Gasteiger partial charge on any atom is -0.455 e. The number of rotatable bonds is 4. The zero-order chi connectivity index (χ0) is 32.3. The Morgan fingerprint density at radius 2 is 1.04 bits per heavy atom. The van der Waals surface area contributed by atoms with Crippen LogP contribution in [0.4, 0.5) is 0 Å². The Bertz CT molecular complexity index is 2880. The first-order chi connectivity index (χ1) is 24.3. The van der Waals surface area contributed by atoms with Crippen molar-refractivity contribution in [3.8, 4) is 45.2 Å². The number of hydrogen-bond donors (Lipinski definition) is 0. The zero-order valence-corrected chi connectivity index (χ0v) is 26.3. The second kappa shape index (κ2) is 11.0. The molecule has 4 heteroatoms. The molecule has 0 radical (unpaired) electrons. The van der Waals surface area contributed by atoms with E-state index in [2.05, 4.69) is 103 Å². The van der Waals surface area contributed by atoms with Crippen LogP contribution in [0.2, 0.25) is 0 Å². The molecule has 0 N–H and O–H groups in total. The van der Waals surface area contributed by atoms with Crippen molar-refractivity contribution in [1.29, 1.82) is 0 Å². The van der Waals surface area contributed by atoms with Crippen LogP contribution >= 0.6 is 0 Å². The molecule has 0 aliphatic heterocycles. The van der Waals surface area contributed by atoms with Gasteiger partial charge in [-0.05, 0) is 64.0 Å². The molecule has 3 aromatic heterocycles. The molecule has 0 saturated carbocycles. The van der Waals surface area contributed by atoms with Gasteiger partial charge < -0.3 is 4.42 Å². The summed E-state index contributed by atoms with van der Waals surface area (Å²) in [5.74, 6) is 0.654. The predicted octanol–water partition coefficient (Wildman–Crippen LogP) is 11.9. The number of aromatic nitrogens is 3. The highest BCUT2D eigenvalue weighted by atomic mass is 16.3. The molecule has 0 bridgehead atoms. The van der Waals surface area contributed by atoms with Crippen LogP contribution in [-0.4, -0.2) is 15.0 Å². The van der Waals surface area contributed by atoms with Crippen molar-refractivity contribution >= 4 is 54.4 Å². The minimum absolute atomic E-state index is 0.654. The second-order valence-electron chi connectivity index (χ2n) is 12.4. The molecule has 0 aliphatic carbocycles. The van der Waals surface area contributed by atoms with Gasteiger partial charge in [0.15, 0.2) is 5.82 Å². The third kappa shape index (κ3) is 4.57. The molecule has 0 spiro atoms. The fraction of sp³-hybridized carbons (Fsp3) is 0. The highest BCUT2D eigenvalue weighted by molar-refractivity contribution is 6.19. The van der Waals surface area contributed by atoms with Gasteiger partial charge in [0.1, 0.15) is 11.2 Å². The summed E-state index contributed by atoms with van der Waals surface area (Å²) >= 11 is 0. The van der Waals surface area contributed by atoms with Gasteiger partial charge >= 0.3 is 0 Å². The van der Waals surface area contributed by atoms with Crippen LogP contribution in [0.1, 0.15) is 0 Å². The number of fused-ring (bicyclic) bond motifs is 8. The third-order valence-electron chi connectivity index (χ3n) is 9.45. The van der Waals surface area contributed by atoms with Crippen LogP contribution in [-0.2, 0) is 0 Å². The molecule has 3 heterocycles. The minimum atomic E-state index is 0.654. The van der Waals surface area contributed by atoms with E-state index in [1.54, 1.807) is 0 Å². The van der Waals surface area contributed by atoms with Gasteiger partial charge in [0, 0.05) is 33.0 Å². The van der Waals surface area contributed by atoms with Gasteiger partial charge in [0.25, 0.3) is 0 Å². The normalized spacial score (nSPS) is 11.7. The highest BCUT2D eigenvalue weighted by Crippen LogP contribution is 2.41. The van der Waals surface area contributed by atoms with Crippen molar-refractivity contribution < 1.29 is 4.42 Å². The van der Waals surface area contributed by atoms with Gasteiger partial charge in [-0.3, -0.25) is 0 Å². The standard InChI is InChI=1S/C45H27N3O/c1-3-12-29(13-4-1)39-27-40(32-21-23-35-31(25-32)20-19-28-11-7-8-16-34(28)35)48-45(47-39)33-22-24-41-37(26-33)42-43(30-14-5-2-6-15-30)46-38-18-10-9-17-36(38)44(42)49-41/h1-27H. The Morgan fingerprint density at radius 3 is 1.88 bits per heavy atom. The lowest BCUT2D eigenvalue weighted by Crippen LogP contribution is -1.96. The van der Waals surface area contributed by atoms with Crippen molar-refractivity contribution in [2.75, 3.05) is 0 Å². The Balaban J connectivity index is 1.20. The summed E-state index contributed by atoms with van der Waals surface area (Å²) in [5, 5.41) is 7.85. The monoisotopic (exact) mass is 625 g/mol. The number of pyridine rings is 1. The number of nitrogens with zero attached hydrogens (tertiary/aromatic N) is 3. The van der Waals surface area contributed by atoms with E-state index in [0.717, 1.165) is 72.2 Å². The van der Waals surface area contributed by atoms with Gasteiger partial charge in [-0.15, -0.1) is 0 Å². The molecule has 10 rings (SSSR count). The van der Waals surface area contributed by atoms with Gasteiger partial charge in [0.2, 0.25) is 0 Å². The van der Waals surface area contributed by atoms with Gasteiger partial charge in [-0.25, -0.2) is 15.0 Å². The molecule has 7 aromatic carbocycles. The summed E-state index contributed by atoms with van der Waals surface area (Å²) < 4.78 is 6.60. The lowest BCUT2D eigenvalue weighted by Gasteiger charge is -2.11. The lowest BCUT2D eigenvalue weighted by molar-refractivity contribution is 0.672. The van der Waals surface area contributed by atoms with E-state index in [9.17, 15) is 0 Å². The van der Waals surface area contributed by atoms with Crippen LogP contribution in [0.25, 0.3) is 99.5 Å². The summed E-state index contributed by atoms with van der Waals surface area (Å²) in [6.07, 6.45) is 0. The number of para-hydroxylation sites is 1. The molecule has 4 nitrogen and oxygen atoms in total. The maximum Gasteiger partial charge on any atom is 0.160 e. The number of hydrogen-bond acceptors (Lipinski definition) is 4. The highest BCUT2D eigenvalue weighted by Gasteiger charge is 2.19. The fourth-order valence-corrected chi connectivity index (χ4v) is 7.06. The average Bonchev–Trinajstić information content (AvgIpc) is 3.57. The van der Waals surface area contributed by atoms with Crippen LogP contribution < -0.4 is 0 Å². The van der Waals surface area contributed by atoms with E-state index in [1.165, 1.54) is 21.5 Å². The van der Waals surface area contributed by atoms with Crippen molar-refractivity contribution in [3.05, 3.63) is 164 Å². The molecule has 0 fully saturated rings. The molecule has 0 saturated heterocycles. The van der Waals surface area contributed by atoms with E-state index >= 15 is 0 Å². The smallest absolute Gasteiger partial charge is 0.160 e. The van der Waals surface area contributed by atoms with Crippen molar-refractivity contribution in [1.82, 2.24) is 15.0 Å². The second-order valence-corrected chi connectivity index (χ2v) is 12.4. The Morgan fingerprint density at radius 1 is 0.388 bits per heavy atom. The van der Waals surface area contributed by atoms with Crippen LogP contribution in [0.5, 0.6) is 0 Å². The molecular formula is C45H27N3O. The summed E-state index contributed by atoms with van der Waals surface area (Å²) in [4.78, 5) is 15.5. The summed E-state index contributed by atoms with van der Waals surface area (Å²) in [6.45, 7) is 0. The first kappa shape index (κ1) is 27.5. The number of furan rings is 1. The van der Waals surface area contributed by atoms with Gasteiger partial charge in [0.05, 0.1) is 28.0 Å². The SMILES string of the molecule is c1ccc(-c2cc(-c3ccc4c(ccc5ccccc54)c3)nc(-c3ccc4oc5c6ccccc6nc(-c6ccccc6)c5c4c3)n2)cc1. The molecule has 49 heavy (non-hydrogen) atoms. The molecule has 0 amide bonds. The third-order valence-corrected chi connectivity index (χ3v) is 9.45. The number of benzene rings is 7. The van der Waals surface area contributed by atoms with Crippen molar-refractivity contribution in [2.45, 2.75) is 0 Å². The maximum absolute atomic E-state index is 6.60. The zero-order valence-electron chi connectivity index (χ0n) is 26.3. The quantitative estimate of drug-likeness (QED) is 0.183. The van der Waals surface area contributed by atoms with Crippen LogP contribution in [0, 0.1) is 0 Å². The van der Waals surface area contributed by atoms with E-state index in [-0.39, 0.29) is 0 Å². The lowest BCUT2D eigenvalue weighted by atomic mass is 9.98. The van der Waals surface area contributed by atoms with Crippen LogP contribution in [0.3, 0.4) is 0 Å². The predicted molar refractivity (Wildman–Crippen MR) is 201 cm³/mol. The summed E-state index contributed by atoms with van der Waals surface area (Å²) in [7, 11) is 0. The Labute approximate surface area is 282 Å². The summed E-state index contributed by atoms with van der Waals surface area (Å²) in [6, 6.07) is 56.7. The van der Waals surface area contributed by atoms with Gasteiger partial charge in [-0.2, -0.15) is 0 Å². The summed E-state index contributed by atoms with van der Waals surface area (Å²) in [5.41, 5.74) is 9.20. The molecule has 10 aromatic rings. The van der Waals surface area contributed by atoms with Crippen LogP contribution in [0.15, 0.2) is 168 Å². The van der Waals surface area contributed by atoms with E-state index in [1.807, 2.05) is 60.7 Å². The molecule has 0 unspecified atom stereocenters. The average molecular weight is 626 g/mol. The Kier molecular flexibility index (Phi) is 6.15. The van der Waals surface area contributed by atoms with Crippen molar-refractivity contribution in [2.24, 2.45) is 0 Å². The Hall–Kier alpha value is -6.65. The molecule has 0 atom stereocenters. The first-order valence-electron chi connectivity index (χ1n) is 16.4. The molecule has 0 aliphatic rings.